The number of H-pyrrole nitrogens is 1. The third-order valence-corrected chi connectivity index (χ3v) is 3.79. The fourth-order valence-electron chi connectivity index (χ4n) is 2.83. The SMILES string of the molecule is O=C(O)c1oc2c(c1C1CC1)-c1[nH]ncc1CC2. The number of aromatic nitrogens is 2. The summed E-state index contributed by atoms with van der Waals surface area (Å²) in [5, 5.41) is 16.3. The van der Waals surface area contributed by atoms with Crippen molar-refractivity contribution in [2.24, 2.45) is 0 Å². The fourth-order valence-corrected chi connectivity index (χ4v) is 2.83. The van der Waals surface area contributed by atoms with Gasteiger partial charge in [0, 0.05) is 17.5 Å². The average Bonchev–Trinajstić information content (AvgIpc) is 2.93. The summed E-state index contributed by atoms with van der Waals surface area (Å²) < 4.78 is 5.58. The molecule has 0 atom stereocenters. The van der Waals surface area contributed by atoms with E-state index in [0.29, 0.717) is 5.92 Å². The van der Waals surface area contributed by atoms with Crippen LogP contribution in [0.1, 0.15) is 46.2 Å². The highest BCUT2D eigenvalue weighted by molar-refractivity contribution is 5.91. The molecule has 0 bridgehead atoms. The smallest absolute Gasteiger partial charge is 0.372 e. The second kappa shape index (κ2) is 3.25. The van der Waals surface area contributed by atoms with Gasteiger partial charge in [0.05, 0.1) is 11.9 Å². The van der Waals surface area contributed by atoms with E-state index in [-0.39, 0.29) is 5.76 Å². The van der Waals surface area contributed by atoms with Crippen molar-refractivity contribution in [1.29, 1.82) is 0 Å². The van der Waals surface area contributed by atoms with E-state index in [1.165, 1.54) is 0 Å². The van der Waals surface area contributed by atoms with E-state index in [4.69, 9.17) is 4.42 Å². The van der Waals surface area contributed by atoms with Gasteiger partial charge >= 0.3 is 5.97 Å². The number of aromatic amines is 1. The van der Waals surface area contributed by atoms with E-state index in [9.17, 15) is 9.90 Å². The quantitative estimate of drug-likeness (QED) is 0.849. The van der Waals surface area contributed by atoms with Crippen LogP contribution in [0.15, 0.2) is 10.6 Å². The summed E-state index contributed by atoms with van der Waals surface area (Å²) in [6.07, 6.45) is 5.54. The van der Waals surface area contributed by atoms with Gasteiger partial charge < -0.3 is 9.52 Å². The first-order valence-corrected chi connectivity index (χ1v) is 6.17. The number of aryl methyl sites for hydroxylation is 2. The molecule has 0 spiro atoms. The van der Waals surface area contributed by atoms with Crippen molar-refractivity contribution in [3.63, 3.8) is 0 Å². The minimum Gasteiger partial charge on any atom is -0.475 e. The molecule has 2 heterocycles. The molecule has 0 radical (unpaired) electrons. The molecule has 0 unspecified atom stereocenters. The summed E-state index contributed by atoms with van der Waals surface area (Å²) in [5.41, 5.74) is 3.95. The van der Waals surface area contributed by atoms with Crippen LogP contribution >= 0.6 is 0 Å². The van der Waals surface area contributed by atoms with Crippen LogP contribution in [0, 0.1) is 0 Å². The molecular formula is C13H12N2O3. The molecule has 2 aliphatic rings. The monoisotopic (exact) mass is 244 g/mol. The number of furan rings is 1. The molecule has 1 saturated carbocycles. The van der Waals surface area contributed by atoms with Crippen molar-refractivity contribution < 1.29 is 14.3 Å². The highest BCUT2D eigenvalue weighted by atomic mass is 16.4. The van der Waals surface area contributed by atoms with Crippen LogP contribution in [0.25, 0.3) is 11.3 Å². The standard InChI is InChI=1S/C13H12N2O3/c16-13(17)12-9(6-1-2-6)10-8(18-12)4-3-7-5-14-15-11(7)10/h5-6H,1-4H2,(H,14,15)(H,16,17). The minimum atomic E-state index is -0.965. The zero-order chi connectivity index (χ0) is 12.3. The molecule has 2 aromatic rings. The summed E-state index contributed by atoms with van der Waals surface area (Å²) in [7, 11) is 0. The van der Waals surface area contributed by atoms with Crippen LogP contribution in [0.3, 0.4) is 0 Å². The number of carbonyl (C=O) groups is 1. The Morgan fingerprint density at radius 2 is 2.28 bits per heavy atom. The van der Waals surface area contributed by atoms with Gasteiger partial charge in [-0.3, -0.25) is 5.10 Å². The summed E-state index contributed by atoms with van der Waals surface area (Å²) in [4.78, 5) is 11.3. The molecule has 0 aromatic carbocycles. The summed E-state index contributed by atoms with van der Waals surface area (Å²) in [6.45, 7) is 0. The predicted molar refractivity (Wildman–Crippen MR) is 62.6 cm³/mol. The molecule has 5 nitrogen and oxygen atoms in total. The van der Waals surface area contributed by atoms with Gasteiger partial charge in [-0.05, 0) is 30.7 Å². The molecule has 2 N–H and O–H groups in total. The van der Waals surface area contributed by atoms with Crippen LogP contribution in [0.5, 0.6) is 0 Å². The Morgan fingerprint density at radius 1 is 1.44 bits per heavy atom. The Bertz CT molecular complexity index is 649. The van der Waals surface area contributed by atoms with Crippen LogP contribution in [-0.4, -0.2) is 21.3 Å². The van der Waals surface area contributed by atoms with Gasteiger partial charge in [-0.1, -0.05) is 0 Å². The highest BCUT2D eigenvalue weighted by Gasteiger charge is 2.38. The van der Waals surface area contributed by atoms with Gasteiger partial charge in [0.1, 0.15) is 5.76 Å². The lowest BCUT2D eigenvalue weighted by atomic mass is 9.91. The zero-order valence-corrected chi connectivity index (χ0v) is 9.69. The van der Waals surface area contributed by atoms with Crippen LogP contribution in [0.2, 0.25) is 0 Å². The molecular weight excluding hydrogens is 232 g/mol. The maximum Gasteiger partial charge on any atom is 0.372 e. The maximum atomic E-state index is 11.3. The van der Waals surface area contributed by atoms with Crippen molar-refractivity contribution in [1.82, 2.24) is 10.2 Å². The Labute approximate surface area is 103 Å². The molecule has 0 amide bonds. The lowest BCUT2D eigenvalue weighted by molar-refractivity contribution is 0.0658. The van der Waals surface area contributed by atoms with Gasteiger partial charge in [0.15, 0.2) is 0 Å². The number of carboxylic acid groups (broad SMARTS) is 1. The summed E-state index contributed by atoms with van der Waals surface area (Å²) in [5.74, 6) is 0.307. The third kappa shape index (κ3) is 1.21. The second-order valence-electron chi connectivity index (χ2n) is 4.99. The number of aromatic carboxylic acids is 1. The molecule has 0 aliphatic heterocycles. The van der Waals surface area contributed by atoms with Crippen molar-refractivity contribution in [3.05, 3.63) is 28.8 Å². The first kappa shape index (κ1) is 9.94. The van der Waals surface area contributed by atoms with Crippen LogP contribution in [-0.2, 0) is 12.8 Å². The summed E-state index contributed by atoms with van der Waals surface area (Å²) in [6, 6.07) is 0. The van der Waals surface area contributed by atoms with E-state index >= 15 is 0 Å². The number of rotatable bonds is 2. The number of nitrogens with one attached hydrogen (secondary N) is 1. The van der Waals surface area contributed by atoms with Gasteiger partial charge in [0.2, 0.25) is 5.76 Å². The second-order valence-corrected chi connectivity index (χ2v) is 4.99. The number of hydrogen-bond donors (Lipinski definition) is 2. The van der Waals surface area contributed by atoms with E-state index in [1.807, 2.05) is 6.20 Å². The Kier molecular flexibility index (Phi) is 1.79. The van der Waals surface area contributed by atoms with Gasteiger partial charge in [-0.25, -0.2) is 4.79 Å². The van der Waals surface area contributed by atoms with Gasteiger partial charge in [-0.2, -0.15) is 5.10 Å². The van der Waals surface area contributed by atoms with E-state index in [2.05, 4.69) is 10.2 Å². The van der Waals surface area contributed by atoms with Crippen molar-refractivity contribution in [2.75, 3.05) is 0 Å². The third-order valence-electron chi connectivity index (χ3n) is 3.79. The first-order chi connectivity index (χ1) is 8.75. The molecule has 2 aliphatic carbocycles. The molecule has 2 aromatic heterocycles. The van der Waals surface area contributed by atoms with Crippen LogP contribution in [0.4, 0.5) is 0 Å². The lowest BCUT2D eigenvalue weighted by Crippen LogP contribution is -2.02. The zero-order valence-electron chi connectivity index (χ0n) is 9.69. The number of hydrogen-bond acceptors (Lipinski definition) is 3. The van der Waals surface area contributed by atoms with Crippen molar-refractivity contribution in [2.45, 2.75) is 31.6 Å². The largest absolute Gasteiger partial charge is 0.475 e. The Balaban J connectivity index is 2.01. The highest BCUT2D eigenvalue weighted by Crippen LogP contribution is 2.50. The number of nitrogens with zero attached hydrogens (tertiary/aromatic N) is 1. The topological polar surface area (TPSA) is 79.1 Å². The Morgan fingerprint density at radius 3 is 3.00 bits per heavy atom. The number of carboxylic acids is 1. The lowest BCUT2D eigenvalue weighted by Gasteiger charge is -2.11. The Hall–Kier alpha value is -2.04. The van der Waals surface area contributed by atoms with E-state index in [1.54, 1.807) is 0 Å². The van der Waals surface area contributed by atoms with Crippen molar-refractivity contribution in [3.8, 4) is 11.3 Å². The molecule has 0 saturated heterocycles. The molecule has 4 rings (SSSR count). The van der Waals surface area contributed by atoms with Gasteiger partial charge in [-0.15, -0.1) is 0 Å². The van der Waals surface area contributed by atoms with Gasteiger partial charge in [0.25, 0.3) is 0 Å². The number of fused-ring (bicyclic) bond motifs is 3. The van der Waals surface area contributed by atoms with E-state index in [0.717, 1.165) is 53.8 Å². The first-order valence-electron chi connectivity index (χ1n) is 6.17. The normalized spacial score (nSPS) is 17.3. The average molecular weight is 244 g/mol. The maximum absolute atomic E-state index is 11.3. The molecule has 18 heavy (non-hydrogen) atoms. The van der Waals surface area contributed by atoms with Crippen LogP contribution < -0.4 is 0 Å². The fraction of sp³-hybridized carbons (Fsp3) is 0.385. The summed E-state index contributed by atoms with van der Waals surface area (Å²) >= 11 is 0. The minimum absolute atomic E-state index is 0.130. The molecule has 92 valence electrons. The molecule has 5 heteroatoms. The van der Waals surface area contributed by atoms with E-state index < -0.39 is 5.97 Å². The predicted octanol–water partition coefficient (Wildman–Crippen LogP) is 2.34. The molecule has 1 fully saturated rings. The van der Waals surface area contributed by atoms with Crippen molar-refractivity contribution >= 4 is 5.97 Å².